The van der Waals surface area contributed by atoms with Gasteiger partial charge in [0.25, 0.3) is 0 Å². The van der Waals surface area contributed by atoms with Crippen molar-refractivity contribution in [3.8, 4) is 17.2 Å². The molecule has 0 atom stereocenters. The molecule has 0 saturated heterocycles. The van der Waals surface area contributed by atoms with E-state index in [-0.39, 0.29) is 24.2 Å². The van der Waals surface area contributed by atoms with Crippen LogP contribution >= 0.6 is 23.2 Å². The van der Waals surface area contributed by atoms with Gasteiger partial charge in [-0.1, -0.05) is 23.2 Å². The van der Waals surface area contributed by atoms with E-state index in [0.29, 0.717) is 34.4 Å². The molecule has 0 unspecified atom stereocenters. The number of aromatic nitrogens is 1. The Balaban J connectivity index is 1.97. The molecule has 0 radical (unpaired) electrons. The highest BCUT2D eigenvalue weighted by molar-refractivity contribution is 6.32. The number of esters is 1. The van der Waals surface area contributed by atoms with Gasteiger partial charge in [0.1, 0.15) is 11.8 Å². The van der Waals surface area contributed by atoms with Crippen molar-refractivity contribution in [2.24, 2.45) is 0 Å². The summed E-state index contributed by atoms with van der Waals surface area (Å²) in [5.41, 5.74) is 1.27. The molecule has 8 heteroatoms. The minimum Gasteiger partial charge on any atom is -0.493 e. The van der Waals surface area contributed by atoms with Crippen LogP contribution in [0.25, 0.3) is 0 Å². The number of hydrogen-bond acceptors (Lipinski definition) is 6. The van der Waals surface area contributed by atoms with Gasteiger partial charge >= 0.3 is 5.97 Å². The van der Waals surface area contributed by atoms with Crippen molar-refractivity contribution in [3.05, 3.63) is 45.7 Å². The lowest BCUT2D eigenvalue weighted by atomic mass is 10.1. The Morgan fingerprint density at radius 1 is 1.04 bits per heavy atom. The van der Waals surface area contributed by atoms with Crippen LogP contribution < -0.4 is 14.2 Å². The SMILES string of the molecule is COc1cc(CCC(=O)OCc2nc(Cl)ccc2Cl)cc(OC)c1OC. The Morgan fingerprint density at radius 2 is 1.69 bits per heavy atom. The summed E-state index contributed by atoms with van der Waals surface area (Å²) in [7, 11) is 4.61. The maximum Gasteiger partial charge on any atom is 0.306 e. The predicted molar refractivity (Wildman–Crippen MR) is 98.5 cm³/mol. The molecule has 26 heavy (non-hydrogen) atoms. The van der Waals surface area contributed by atoms with Crippen molar-refractivity contribution < 1.29 is 23.7 Å². The standard InChI is InChI=1S/C18H19Cl2NO5/c1-23-14-8-11(9-15(24-2)18(14)25-3)4-7-17(22)26-10-13-12(19)5-6-16(20)21-13/h5-6,8-9H,4,7,10H2,1-3H3. The van der Waals surface area contributed by atoms with E-state index in [1.807, 2.05) is 0 Å². The number of benzene rings is 1. The van der Waals surface area contributed by atoms with Gasteiger partial charge in [-0.05, 0) is 36.2 Å². The topological polar surface area (TPSA) is 66.9 Å². The van der Waals surface area contributed by atoms with Crippen LogP contribution in [0.4, 0.5) is 0 Å². The summed E-state index contributed by atoms with van der Waals surface area (Å²) in [5, 5.41) is 0.685. The molecule has 0 bridgehead atoms. The van der Waals surface area contributed by atoms with Crippen LogP contribution in [0.2, 0.25) is 10.2 Å². The lowest BCUT2D eigenvalue weighted by Crippen LogP contribution is -2.07. The molecule has 0 amide bonds. The molecule has 0 fully saturated rings. The van der Waals surface area contributed by atoms with Gasteiger partial charge in [0.2, 0.25) is 5.75 Å². The molecule has 1 heterocycles. The first kappa shape index (κ1) is 20.1. The van der Waals surface area contributed by atoms with E-state index < -0.39 is 0 Å². The smallest absolute Gasteiger partial charge is 0.306 e. The maximum absolute atomic E-state index is 12.0. The summed E-state index contributed by atoms with van der Waals surface area (Å²) in [6, 6.07) is 6.77. The Kier molecular flexibility index (Phi) is 7.36. The Labute approximate surface area is 161 Å². The summed E-state index contributed by atoms with van der Waals surface area (Å²) >= 11 is 11.8. The molecule has 0 N–H and O–H groups in total. The van der Waals surface area contributed by atoms with Crippen LogP contribution in [0, 0.1) is 0 Å². The van der Waals surface area contributed by atoms with E-state index in [1.165, 1.54) is 21.3 Å². The molecule has 2 aromatic rings. The summed E-state index contributed by atoms with van der Waals surface area (Å²) in [4.78, 5) is 16.0. The molecule has 1 aromatic heterocycles. The van der Waals surface area contributed by atoms with Crippen LogP contribution in [-0.2, 0) is 22.6 Å². The highest BCUT2D eigenvalue weighted by atomic mass is 35.5. The number of carbonyl (C=O) groups is 1. The average Bonchev–Trinajstić information content (AvgIpc) is 2.65. The molecule has 0 aliphatic heterocycles. The maximum atomic E-state index is 12.0. The molecule has 2 rings (SSSR count). The summed E-state index contributed by atoms with van der Waals surface area (Å²) in [6.45, 7) is -0.0342. The molecule has 0 aliphatic carbocycles. The minimum absolute atomic E-state index is 0.0342. The third kappa shape index (κ3) is 5.16. The number of ether oxygens (including phenoxy) is 4. The van der Waals surface area contributed by atoms with Crippen LogP contribution in [-0.4, -0.2) is 32.3 Å². The lowest BCUT2D eigenvalue weighted by molar-refractivity contribution is -0.145. The van der Waals surface area contributed by atoms with Gasteiger partial charge in [0.15, 0.2) is 11.5 Å². The average molecular weight is 400 g/mol. The molecule has 1 aromatic carbocycles. The van der Waals surface area contributed by atoms with E-state index in [0.717, 1.165) is 5.56 Å². The number of nitrogens with zero attached hydrogens (tertiary/aromatic N) is 1. The van der Waals surface area contributed by atoms with Gasteiger partial charge in [-0.15, -0.1) is 0 Å². The first-order chi connectivity index (χ1) is 12.5. The van der Waals surface area contributed by atoms with Gasteiger partial charge < -0.3 is 18.9 Å². The van der Waals surface area contributed by atoms with Gasteiger partial charge in [0.05, 0.1) is 32.0 Å². The van der Waals surface area contributed by atoms with Crippen LogP contribution in [0.5, 0.6) is 17.2 Å². The van der Waals surface area contributed by atoms with Crippen molar-refractivity contribution in [1.29, 1.82) is 0 Å². The van der Waals surface area contributed by atoms with E-state index in [4.69, 9.17) is 42.1 Å². The number of aryl methyl sites for hydroxylation is 1. The van der Waals surface area contributed by atoms with E-state index in [9.17, 15) is 4.79 Å². The molecule has 6 nitrogen and oxygen atoms in total. The fourth-order valence-corrected chi connectivity index (χ4v) is 2.63. The molecule has 0 spiro atoms. The van der Waals surface area contributed by atoms with E-state index in [1.54, 1.807) is 24.3 Å². The van der Waals surface area contributed by atoms with Crippen molar-refractivity contribution in [1.82, 2.24) is 4.98 Å². The van der Waals surface area contributed by atoms with Crippen LogP contribution in [0.1, 0.15) is 17.7 Å². The Morgan fingerprint density at radius 3 is 2.27 bits per heavy atom. The number of pyridine rings is 1. The highest BCUT2D eigenvalue weighted by Gasteiger charge is 2.14. The summed E-state index contributed by atoms with van der Waals surface area (Å²) < 4.78 is 21.1. The van der Waals surface area contributed by atoms with Crippen molar-refractivity contribution in [3.63, 3.8) is 0 Å². The van der Waals surface area contributed by atoms with Crippen molar-refractivity contribution in [2.75, 3.05) is 21.3 Å². The number of hydrogen-bond donors (Lipinski definition) is 0. The lowest BCUT2D eigenvalue weighted by Gasteiger charge is -2.14. The molecule has 0 saturated carbocycles. The second-order valence-corrected chi connectivity index (χ2v) is 6.05. The Hall–Kier alpha value is -2.18. The number of carbonyl (C=O) groups excluding carboxylic acids is 1. The Bertz CT molecular complexity index is 757. The first-order valence-corrected chi connectivity index (χ1v) is 8.49. The van der Waals surface area contributed by atoms with Gasteiger partial charge in [-0.2, -0.15) is 0 Å². The van der Waals surface area contributed by atoms with Gasteiger partial charge in [-0.25, -0.2) is 4.98 Å². The zero-order valence-corrected chi connectivity index (χ0v) is 16.2. The summed E-state index contributed by atoms with van der Waals surface area (Å²) in [6.07, 6.45) is 0.628. The van der Waals surface area contributed by atoms with Crippen molar-refractivity contribution >= 4 is 29.2 Å². The number of halogens is 2. The first-order valence-electron chi connectivity index (χ1n) is 7.74. The fourth-order valence-electron chi connectivity index (χ4n) is 2.31. The molecule has 140 valence electrons. The number of rotatable bonds is 8. The quantitative estimate of drug-likeness (QED) is 0.491. The third-order valence-corrected chi connectivity index (χ3v) is 4.15. The van der Waals surface area contributed by atoms with E-state index >= 15 is 0 Å². The van der Waals surface area contributed by atoms with E-state index in [2.05, 4.69) is 4.98 Å². The van der Waals surface area contributed by atoms with Crippen molar-refractivity contribution in [2.45, 2.75) is 19.4 Å². The molecular weight excluding hydrogens is 381 g/mol. The predicted octanol–water partition coefficient (Wildman–Crippen LogP) is 4.09. The molecule has 0 aliphatic rings. The van der Waals surface area contributed by atoms with Gasteiger partial charge in [0, 0.05) is 6.42 Å². The highest BCUT2D eigenvalue weighted by Crippen LogP contribution is 2.38. The van der Waals surface area contributed by atoms with Crippen LogP contribution in [0.3, 0.4) is 0 Å². The number of methoxy groups -OCH3 is 3. The monoisotopic (exact) mass is 399 g/mol. The zero-order chi connectivity index (χ0) is 19.1. The second kappa shape index (κ2) is 9.50. The zero-order valence-electron chi connectivity index (χ0n) is 14.7. The largest absolute Gasteiger partial charge is 0.493 e. The normalized spacial score (nSPS) is 10.3. The minimum atomic E-state index is -0.378. The molecular formula is C18H19Cl2NO5. The summed E-state index contributed by atoms with van der Waals surface area (Å²) in [5.74, 6) is 1.19. The fraction of sp³-hybridized carbons (Fsp3) is 0.333. The second-order valence-electron chi connectivity index (χ2n) is 5.26. The third-order valence-electron chi connectivity index (χ3n) is 3.60. The van der Waals surface area contributed by atoms with Crippen LogP contribution in [0.15, 0.2) is 24.3 Å². The van der Waals surface area contributed by atoms with Gasteiger partial charge in [-0.3, -0.25) is 4.79 Å².